The van der Waals surface area contributed by atoms with Crippen molar-refractivity contribution in [1.82, 2.24) is 4.57 Å². The molecule has 0 amide bonds. The first-order valence-corrected chi connectivity index (χ1v) is 8.32. The van der Waals surface area contributed by atoms with Crippen molar-refractivity contribution < 1.29 is 22.5 Å². The van der Waals surface area contributed by atoms with Crippen LogP contribution in [0.4, 0.5) is 0 Å². The minimum absolute atomic E-state index is 0. The van der Waals surface area contributed by atoms with E-state index >= 15 is 0 Å². The fraction of sp³-hybridized carbons (Fsp3) is 0.500. The molecule has 0 bridgehead atoms. The lowest BCUT2D eigenvalue weighted by molar-refractivity contribution is -0.668. The number of nitrogens with two attached hydrogens (primary N) is 1. The summed E-state index contributed by atoms with van der Waals surface area (Å²) >= 11 is 0. The first kappa shape index (κ1) is 14.3. The van der Waals surface area contributed by atoms with Crippen molar-refractivity contribution in [1.29, 1.82) is 0 Å². The third-order valence-corrected chi connectivity index (χ3v) is 5.98. The quantitative estimate of drug-likeness (QED) is 0.681. The van der Waals surface area contributed by atoms with Gasteiger partial charge in [0.2, 0.25) is 5.91 Å². The number of halogens is 1. The van der Waals surface area contributed by atoms with Crippen molar-refractivity contribution in [3.63, 3.8) is 0 Å². The second-order valence-corrected chi connectivity index (χ2v) is 6.98. The largest absolute Gasteiger partial charge is 1.00 e. The Balaban J connectivity index is 0.00000125. The number of para-hydroxylation sites is 1. The monoisotopic (exact) mass is 316 g/mol. The number of nitrogens with zero attached hydrogens (tertiary/aromatic N) is 1. The first-order valence-electron chi connectivity index (χ1n) is 8.32. The molecule has 3 heterocycles. The highest BCUT2D eigenvalue weighted by molar-refractivity contribution is 5.97. The van der Waals surface area contributed by atoms with E-state index in [9.17, 15) is 4.79 Å². The maximum absolute atomic E-state index is 12.5. The SMILES string of the molecule is O=C1CC[C@H]2C[C@@H]3CC[NH2+]C[C@@H]3c3c2n1c1ccccc31.[Cl-]. The molecule has 0 spiro atoms. The first-order chi connectivity index (χ1) is 10.3. The number of hydrogen-bond acceptors (Lipinski definition) is 1. The predicted octanol–water partition coefficient (Wildman–Crippen LogP) is -0.766. The lowest BCUT2D eigenvalue weighted by Gasteiger charge is -2.40. The molecule has 3 atom stereocenters. The molecule has 2 N–H and O–H groups in total. The summed E-state index contributed by atoms with van der Waals surface area (Å²) in [6.45, 7) is 2.48. The van der Waals surface area contributed by atoms with Crippen LogP contribution in [0.2, 0.25) is 0 Å². The Labute approximate surface area is 136 Å². The standard InChI is InChI=1S/C18H20N2O.ClH/c21-16-6-5-12-9-11-7-8-19-10-14(11)17-13-3-1-2-4-15(13)20(16)18(12)17;/h1-4,11-12,14,19H,5-10H2;1H/t11-,12-,14-;/m0./s1. The van der Waals surface area contributed by atoms with E-state index in [4.69, 9.17) is 0 Å². The van der Waals surface area contributed by atoms with Gasteiger partial charge >= 0.3 is 0 Å². The molecule has 1 aromatic carbocycles. The van der Waals surface area contributed by atoms with Crippen LogP contribution in [0, 0.1) is 5.92 Å². The molecule has 3 aliphatic rings. The highest BCUT2D eigenvalue weighted by Gasteiger charge is 2.43. The molecule has 1 aromatic heterocycles. The number of benzene rings is 1. The Morgan fingerprint density at radius 1 is 1.18 bits per heavy atom. The van der Waals surface area contributed by atoms with Crippen molar-refractivity contribution in [2.45, 2.75) is 37.5 Å². The topological polar surface area (TPSA) is 38.6 Å². The van der Waals surface area contributed by atoms with E-state index < -0.39 is 0 Å². The normalized spacial score (nSPS) is 29.6. The van der Waals surface area contributed by atoms with Crippen LogP contribution in [0.1, 0.15) is 53.6 Å². The minimum atomic E-state index is 0. The Kier molecular flexibility index (Phi) is 3.31. The molecular formula is C18H21ClN2O. The van der Waals surface area contributed by atoms with E-state index in [1.807, 2.05) is 0 Å². The number of hydrogen-bond donors (Lipinski definition) is 1. The molecule has 116 valence electrons. The molecule has 1 saturated heterocycles. The summed E-state index contributed by atoms with van der Waals surface area (Å²) in [4.78, 5) is 12.5. The summed E-state index contributed by atoms with van der Waals surface area (Å²) in [6.07, 6.45) is 4.43. The number of aromatic nitrogens is 1. The lowest BCUT2D eigenvalue weighted by atomic mass is 9.68. The van der Waals surface area contributed by atoms with Crippen LogP contribution in [0.15, 0.2) is 24.3 Å². The molecule has 2 aliphatic heterocycles. The van der Waals surface area contributed by atoms with Crippen LogP contribution in [0.5, 0.6) is 0 Å². The van der Waals surface area contributed by atoms with Gasteiger partial charge in [-0.15, -0.1) is 0 Å². The Bertz CT molecular complexity index is 751. The summed E-state index contributed by atoms with van der Waals surface area (Å²) in [6, 6.07) is 8.56. The van der Waals surface area contributed by atoms with Crippen LogP contribution in [0.3, 0.4) is 0 Å². The predicted molar refractivity (Wildman–Crippen MR) is 81.7 cm³/mol. The maximum Gasteiger partial charge on any atom is 0.231 e. The van der Waals surface area contributed by atoms with Gasteiger partial charge in [0.15, 0.2) is 0 Å². The van der Waals surface area contributed by atoms with Crippen LogP contribution in [0.25, 0.3) is 10.9 Å². The molecule has 0 saturated carbocycles. The fourth-order valence-electron chi connectivity index (χ4n) is 5.15. The number of carbonyl (C=O) groups is 1. The van der Waals surface area contributed by atoms with Crippen LogP contribution in [-0.4, -0.2) is 23.6 Å². The van der Waals surface area contributed by atoms with Crippen LogP contribution < -0.4 is 17.7 Å². The zero-order valence-corrected chi connectivity index (χ0v) is 13.4. The average molecular weight is 317 g/mol. The van der Waals surface area contributed by atoms with Gasteiger partial charge in [0.25, 0.3) is 0 Å². The summed E-state index contributed by atoms with van der Waals surface area (Å²) in [5.74, 6) is 2.41. The number of carbonyl (C=O) groups excluding carboxylic acids is 1. The number of fused-ring (bicyclic) bond motifs is 5. The van der Waals surface area contributed by atoms with Gasteiger partial charge in [-0.25, -0.2) is 0 Å². The highest BCUT2D eigenvalue weighted by Crippen LogP contribution is 2.51. The van der Waals surface area contributed by atoms with Crippen LogP contribution in [-0.2, 0) is 0 Å². The summed E-state index contributed by atoms with van der Waals surface area (Å²) in [5.41, 5.74) is 4.06. The van der Waals surface area contributed by atoms with Gasteiger partial charge in [-0.05, 0) is 30.4 Å². The molecule has 3 nitrogen and oxygen atoms in total. The molecule has 5 rings (SSSR count). The zero-order valence-electron chi connectivity index (χ0n) is 12.6. The van der Waals surface area contributed by atoms with Gasteiger partial charge < -0.3 is 17.7 Å². The summed E-state index contributed by atoms with van der Waals surface area (Å²) in [7, 11) is 0. The molecular weight excluding hydrogens is 296 g/mol. The third-order valence-electron chi connectivity index (χ3n) is 5.98. The van der Waals surface area contributed by atoms with Gasteiger partial charge in [-0.3, -0.25) is 9.36 Å². The molecule has 4 heteroatoms. The molecule has 22 heavy (non-hydrogen) atoms. The zero-order chi connectivity index (χ0) is 14.0. The minimum Gasteiger partial charge on any atom is -1.00 e. The van der Waals surface area contributed by atoms with Crippen molar-refractivity contribution >= 4 is 16.8 Å². The molecule has 1 fully saturated rings. The van der Waals surface area contributed by atoms with E-state index in [0.29, 0.717) is 17.7 Å². The molecule has 2 aromatic rings. The maximum atomic E-state index is 12.5. The van der Waals surface area contributed by atoms with Gasteiger partial charge in [-0.2, -0.15) is 0 Å². The number of quaternary nitrogens is 1. The Morgan fingerprint density at radius 3 is 2.95 bits per heavy atom. The number of rotatable bonds is 0. The van der Waals surface area contributed by atoms with E-state index in [-0.39, 0.29) is 12.4 Å². The highest BCUT2D eigenvalue weighted by atomic mass is 35.5. The fourth-order valence-corrected chi connectivity index (χ4v) is 5.15. The van der Waals surface area contributed by atoms with E-state index in [0.717, 1.165) is 24.3 Å². The Hall–Kier alpha value is -1.32. The lowest BCUT2D eigenvalue weighted by Crippen LogP contribution is -3.00. The van der Waals surface area contributed by atoms with Gasteiger partial charge in [0.1, 0.15) is 0 Å². The van der Waals surface area contributed by atoms with Crippen LogP contribution >= 0.6 is 0 Å². The third kappa shape index (κ3) is 1.76. The van der Waals surface area contributed by atoms with Crippen molar-refractivity contribution in [2.75, 3.05) is 13.1 Å². The summed E-state index contributed by atoms with van der Waals surface area (Å²) in [5, 5.41) is 3.81. The Morgan fingerprint density at radius 2 is 2.05 bits per heavy atom. The smallest absolute Gasteiger partial charge is 0.231 e. The second kappa shape index (κ2) is 5.10. The van der Waals surface area contributed by atoms with E-state index in [1.54, 1.807) is 0 Å². The average Bonchev–Trinajstić information content (AvgIpc) is 2.88. The molecule has 0 unspecified atom stereocenters. The summed E-state index contributed by atoms with van der Waals surface area (Å²) < 4.78 is 2.07. The van der Waals surface area contributed by atoms with Crippen molar-refractivity contribution in [3.05, 3.63) is 35.5 Å². The second-order valence-electron chi connectivity index (χ2n) is 6.98. The number of piperidine rings is 1. The van der Waals surface area contributed by atoms with Gasteiger partial charge in [-0.1, -0.05) is 18.2 Å². The van der Waals surface area contributed by atoms with Crippen molar-refractivity contribution in [3.8, 4) is 0 Å². The van der Waals surface area contributed by atoms with Gasteiger partial charge in [0.05, 0.1) is 18.6 Å². The van der Waals surface area contributed by atoms with Crippen molar-refractivity contribution in [2.24, 2.45) is 5.92 Å². The van der Waals surface area contributed by atoms with E-state index in [2.05, 4.69) is 34.1 Å². The molecule has 0 radical (unpaired) electrons. The molecule has 1 aliphatic carbocycles. The van der Waals surface area contributed by atoms with Gasteiger partial charge in [0, 0.05) is 35.8 Å². The van der Waals surface area contributed by atoms with E-state index in [1.165, 1.54) is 42.6 Å².